The molecule has 0 aliphatic carbocycles. The Balaban J connectivity index is 2.08. The molecule has 0 saturated carbocycles. The number of benzene rings is 2. The number of hydrogen-bond donors (Lipinski definition) is 1. The highest BCUT2D eigenvalue weighted by Gasteiger charge is 2.17. The zero-order chi connectivity index (χ0) is 20.3. The van der Waals surface area contributed by atoms with E-state index in [-0.39, 0.29) is 11.7 Å². The average molecular weight is 397 g/mol. The molecule has 3 rings (SSSR count). The first kappa shape index (κ1) is 20.0. The summed E-state index contributed by atoms with van der Waals surface area (Å²) in [5.41, 5.74) is 5.82. The number of nitrogens with zero attached hydrogens (tertiary/aromatic N) is 2. The summed E-state index contributed by atoms with van der Waals surface area (Å²) in [6, 6.07) is 19.7. The smallest absolute Gasteiger partial charge is 0.226 e. The predicted molar refractivity (Wildman–Crippen MR) is 113 cm³/mol. The van der Waals surface area contributed by atoms with Gasteiger partial charge in [-0.15, -0.1) is 0 Å². The van der Waals surface area contributed by atoms with Crippen molar-refractivity contribution in [3.05, 3.63) is 77.5 Å². The van der Waals surface area contributed by atoms with Gasteiger partial charge in [0.1, 0.15) is 0 Å². The summed E-state index contributed by atoms with van der Waals surface area (Å²) in [4.78, 5) is 13.9. The molecule has 3 aromatic rings. The predicted octanol–water partition coefficient (Wildman–Crippen LogP) is 3.81. The van der Waals surface area contributed by atoms with Crippen LogP contribution in [0.3, 0.4) is 0 Å². The number of para-hydroxylation sites is 1. The Kier molecular flexibility index (Phi) is 6.11. The van der Waals surface area contributed by atoms with Crippen LogP contribution in [0.2, 0.25) is 0 Å². The summed E-state index contributed by atoms with van der Waals surface area (Å²) in [5.74, 6) is 0.169. The highest BCUT2D eigenvalue weighted by Crippen LogP contribution is 2.30. The second kappa shape index (κ2) is 8.54. The molecule has 1 atom stereocenters. The van der Waals surface area contributed by atoms with Crippen LogP contribution in [0.15, 0.2) is 60.7 Å². The van der Waals surface area contributed by atoms with Gasteiger partial charge in [-0.05, 0) is 41.8 Å². The monoisotopic (exact) mass is 396 g/mol. The molecule has 0 saturated heterocycles. The quantitative estimate of drug-likeness (QED) is 0.645. The Labute approximate surface area is 167 Å². The molecule has 0 aliphatic rings. The molecular formula is C22H24N2O3S. The van der Waals surface area contributed by atoms with E-state index >= 15 is 0 Å². The average Bonchev–Trinajstić information content (AvgIpc) is 2.98. The number of likely N-dealkylation sites (N-methyl/N-ethyl adjacent to an activating group) is 1. The maximum absolute atomic E-state index is 12.3. The van der Waals surface area contributed by atoms with Crippen molar-refractivity contribution in [1.29, 1.82) is 0 Å². The highest BCUT2D eigenvalue weighted by atomic mass is 32.2. The van der Waals surface area contributed by atoms with Crippen LogP contribution in [0.4, 0.5) is 0 Å². The van der Waals surface area contributed by atoms with Gasteiger partial charge in [-0.2, -0.15) is 0 Å². The van der Waals surface area contributed by atoms with Crippen molar-refractivity contribution in [2.45, 2.75) is 19.1 Å². The van der Waals surface area contributed by atoms with Crippen molar-refractivity contribution in [2.24, 2.45) is 0 Å². The third-order valence-electron chi connectivity index (χ3n) is 4.75. The standard InChI is InChI=1S/C22H24N2O3S/c1-16-19(14-22(25)23(2)3)13-21(24(16)20-7-5-4-6-8-20)18-11-9-17(10-12-18)15-28(26)27/h4-13H,14-15H2,1-3H3,(H,26,27). The van der Waals surface area contributed by atoms with Crippen molar-refractivity contribution in [1.82, 2.24) is 9.47 Å². The van der Waals surface area contributed by atoms with Crippen LogP contribution >= 0.6 is 0 Å². The number of hydrogen-bond acceptors (Lipinski definition) is 2. The molecule has 0 spiro atoms. The van der Waals surface area contributed by atoms with E-state index in [4.69, 9.17) is 4.55 Å². The summed E-state index contributed by atoms with van der Waals surface area (Å²) >= 11 is -1.86. The van der Waals surface area contributed by atoms with Crippen molar-refractivity contribution in [3.8, 4) is 16.9 Å². The van der Waals surface area contributed by atoms with Crippen LogP contribution in [0.5, 0.6) is 0 Å². The number of carbonyl (C=O) groups is 1. The van der Waals surface area contributed by atoms with Crippen LogP contribution in [0.25, 0.3) is 16.9 Å². The van der Waals surface area contributed by atoms with Crippen LogP contribution in [0.1, 0.15) is 16.8 Å². The molecule has 28 heavy (non-hydrogen) atoms. The zero-order valence-corrected chi connectivity index (χ0v) is 17.1. The number of aromatic nitrogens is 1. The molecule has 1 aromatic heterocycles. The third-order valence-corrected chi connectivity index (χ3v) is 5.33. The Hall–Kier alpha value is -2.70. The van der Waals surface area contributed by atoms with E-state index in [1.165, 1.54) is 0 Å². The largest absolute Gasteiger partial charge is 0.349 e. The van der Waals surface area contributed by atoms with E-state index in [9.17, 15) is 9.00 Å². The summed E-state index contributed by atoms with van der Waals surface area (Å²) in [6.07, 6.45) is 0.341. The SMILES string of the molecule is Cc1c(CC(=O)N(C)C)cc(-c2ccc(CS(=O)O)cc2)n1-c1ccccc1. The molecule has 146 valence electrons. The van der Waals surface area contributed by atoms with Crippen molar-refractivity contribution in [3.63, 3.8) is 0 Å². The first-order chi connectivity index (χ1) is 13.4. The van der Waals surface area contributed by atoms with Crippen molar-refractivity contribution in [2.75, 3.05) is 14.1 Å². The first-order valence-electron chi connectivity index (χ1n) is 9.00. The fourth-order valence-corrected chi connectivity index (χ4v) is 3.67. The Morgan fingerprint density at radius 2 is 1.71 bits per heavy atom. The number of carbonyl (C=O) groups excluding carboxylic acids is 1. The number of rotatable bonds is 6. The Bertz CT molecular complexity index is 993. The van der Waals surface area contributed by atoms with Crippen LogP contribution in [-0.2, 0) is 28.0 Å². The summed E-state index contributed by atoms with van der Waals surface area (Å²) in [7, 11) is 3.52. The van der Waals surface area contributed by atoms with Gasteiger partial charge in [0, 0.05) is 25.5 Å². The van der Waals surface area contributed by atoms with Gasteiger partial charge < -0.3 is 14.0 Å². The van der Waals surface area contributed by atoms with Crippen LogP contribution in [-0.4, -0.2) is 38.2 Å². The maximum atomic E-state index is 12.3. The topological polar surface area (TPSA) is 62.5 Å². The molecule has 0 radical (unpaired) electrons. The van der Waals surface area contributed by atoms with E-state index in [0.29, 0.717) is 6.42 Å². The van der Waals surface area contributed by atoms with Gasteiger partial charge in [0.05, 0.1) is 17.9 Å². The fraction of sp³-hybridized carbons (Fsp3) is 0.227. The van der Waals surface area contributed by atoms with E-state index in [0.717, 1.165) is 33.8 Å². The summed E-state index contributed by atoms with van der Waals surface area (Å²) in [5, 5.41) is 0. The number of amides is 1. The lowest BCUT2D eigenvalue weighted by Crippen LogP contribution is -2.23. The van der Waals surface area contributed by atoms with E-state index in [2.05, 4.69) is 10.6 Å². The maximum Gasteiger partial charge on any atom is 0.226 e. The highest BCUT2D eigenvalue weighted by molar-refractivity contribution is 7.78. The molecule has 5 nitrogen and oxygen atoms in total. The van der Waals surface area contributed by atoms with Gasteiger partial charge >= 0.3 is 0 Å². The molecule has 1 heterocycles. The second-order valence-electron chi connectivity index (χ2n) is 6.94. The Morgan fingerprint density at radius 1 is 1.07 bits per heavy atom. The van der Waals surface area contributed by atoms with Crippen molar-refractivity contribution < 1.29 is 13.6 Å². The normalized spacial score (nSPS) is 12.0. The van der Waals surface area contributed by atoms with Gasteiger partial charge in [0.2, 0.25) is 5.91 Å². The zero-order valence-electron chi connectivity index (χ0n) is 16.3. The molecule has 1 amide bonds. The Morgan fingerprint density at radius 3 is 2.29 bits per heavy atom. The molecule has 6 heteroatoms. The van der Waals surface area contributed by atoms with E-state index in [1.54, 1.807) is 19.0 Å². The van der Waals surface area contributed by atoms with Gasteiger partial charge in [0.15, 0.2) is 11.1 Å². The minimum absolute atomic E-state index is 0.0561. The minimum Gasteiger partial charge on any atom is -0.349 e. The van der Waals surface area contributed by atoms with E-state index < -0.39 is 11.1 Å². The summed E-state index contributed by atoms with van der Waals surface area (Å²) in [6.45, 7) is 2.03. The van der Waals surface area contributed by atoms with Gasteiger partial charge in [-0.3, -0.25) is 4.79 Å². The molecule has 0 aliphatic heterocycles. The van der Waals surface area contributed by atoms with Crippen molar-refractivity contribution >= 4 is 17.0 Å². The molecule has 1 unspecified atom stereocenters. The van der Waals surface area contributed by atoms with E-state index in [1.807, 2.05) is 61.5 Å². The molecule has 1 N–H and O–H groups in total. The lowest BCUT2D eigenvalue weighted by atomic mass is 10.1. The second-order valence-corrected chi connectivity index (χ2v) is 7.87. The molecular weight excluding hydrogens is 372 g/mol. The minimum atomic E-state index is -1.86. The molecule has 0 fully saturated rings. The fourth-order valence-electron chi connectivity index (χ4n) is 3.19. The molecule has 2 aromatic carbocycles. The first-order valence-corrected chi connectivity index (χ1v) is 10.3. The lowest BCUT2D eigenvalue weighted by Gasteiger charge is -2.13. The third kappa shape index (κ3) is 4.40. The molecule has 0 bridgehead atoms. The van der Waals surface area contributed by atoms with Crippen LogP contribution < -0.4 is 0 Å². The van der Waals surface area contributed by atoms with Gasteiger partial charge in [-0.25, -0.2) is 4.21 Å². The van der Waals surface area contributed by atoms with Gasteiger partial charge in [-0.1, -0.05) is 42.5 Å². The summed E-state index contributed by atoms with van der Waals surface area (Å²) < 4.78 is 22.3. The lowest BCUT2D eigenvalue weighted by molar-refractivity contribution is -0.127. The van der Waals surface area contributed by atoms with Gasteiger partial charge in [0.25, 0.3) is 0 Å². The van der Waals surface area contributed by atoms with Crippen LogP contribution in [0, 0.1) is 6.92 Å².